The molecule has 20 heavy (non-hydrogen) atoms. The molecule has 1 aromatic carbocycles. The summed E-state index contributed by atoms with van der Waals surface area (Å²) in [6.07, 6.45) is 3.87. The number of piperidine rings is 1. The van der Waals surface area contributed by atoms with E-state index >= 15 is 0 Å². The number of benzene rings is 1. The van der Waals surface area contributed by atoms with Crippen LogP contribution in [0.3, 0.4) is 0 Å². The first-order valence-corrected chi connectivity index (χ1v) is 7.29. The molecule has 0 saturated carbocycles. The van der Waals surface area contributed by atoms with Crippen LogP contribution in [0.5, 0.6) is 0 Å². The first-order chi connectivity index (χ1) is 9.70. The van der Waals surface area contributed by atoms with Crippen molar-refractivity contribution in [1.29, 1.82) is 0 Å². The molecule has 1 amide bonds. The van der Waals surface area contributed by atoms with E-state index in [1.54, 1.807) is 24.3 Å². The monoisotopic (exact) mass is 276 g/mol. The van der Waals surface area contributed by atoms with Crippen LogP contribution < -0.4 is 16.6 Å². The van der Waals surface area contributed by atoms with Gasteiger partial charge in [0.2, 0.25) is 0 Å². The Kier molecular flexibility index (Phi) is 5.38. The van der Waals surface area contributed by atoms with Crippen molar-refractivity contribution in [2.24, 2.45) is 5.84 Å². The second-order valence-corrected chi connectivity index (χ2v) is 5.38. The van der Waals surface area contributed by atoms with Gasteiger partial charge in [0.05, 0.1) is 0 Å². The molecule has 1 fully saturated rings. The van der Waals surface area contributed by atoms with Crippen LogP contribution >= 0.6 is 0 Å². The van der Waals surface area contributed by atoms with E-state index in [0.717, 1.165) is 18.8 Å². The number of nitrogens with zero attached hydrogens (tertiary/aromatic N) is 1. The number of carbonyl (C=O) groups excluding carboxylic acids is 1. The van der Waals surface area contributed by atoms with Crippen LogP contribution in [-0.4, -0.2) is 36.5 Å². The number of anilines is 1. The topological polar surface area (TPSA) is 70.4 Å². The van der Waals surface area contributed by atoms with Crippen molar-refractivity contribution in [1.82, 2.24) is 10.2 Å². The molecule has 4 N–H and O–H groups in total. The summed E-state index contributed by atoms with van der Waals surface area (Å²) < 4.78 is 0. The van der Waals surface area contributed by atoms with Gasteiger partial charge in [-0.2, -0.15) is 0 Å². The zero-order valence-corrected chi connectivity index (χ0v) is 12.1. The van der Waals surface area contributed by atoms with Gasteiger partial charge in [-0.3, -0.25) is 15.5 Å². The molecule has 1 saturated heterocycles. The number of carbonyl (C=O) groups is 1. The van der Waals surface area contributed by atoms with Crippen molar-refractivity contribution in [2.45, 2.75) is 32.2 Å². The van der Waals surface area contributed by atoms with Crippen molar-refractivity contribution < 1.29 is 4.79 Å². The van der Waals surface area contributed by atoms with Crippen LogP contribution in [0.15, 0.2) is 24.3 Å². The van der Waals surface area contributed by atoms with Crippen molar-refractivity contribution in [3.05, 3.63) is 29.8 Å². The molecule has 2 rings (SSSR count). The highest BCUT2D eigenvalue weighted by Gasteiger charge is 2.17. The maximum absolute atomic E-state index is 12.1. The number of nitrogen functional groups attached to an aromatic ring is 1. The Morgan fingerprint density at radius 3 is 2.50 bits per heavy atom. The van der Waals surface area contributed by atoms with Crippen LogP contribution in [0.1, 0.15) is 36.5 Å². The molecule has 1 aliphatic rings. The van der Waals surface area contributed by atoms with E-state index in [0.29, 0.717) is 18.2 Å². The van der Waals surface area contributed by atoms with Crippen molar-refractivity contribution in [2.75, 3.05) is 25.1 Å². The second kappa shape index (κ2) is 7.26. The fourth-order valence-electron chi connectivity index (χ4n) is 2.55. The highest BCUT2D eigenvalue weighted by atomic mass is 16.1. The van der Waals surface area contributed by atoms with Gasteiger partial charge in [0.1, 0.15) is 0 Å². The Morgan fingerprint density at radius 1 is 1.25 bits per heavy atom. The van der Waals surface area contributed by atoms with Gasteiger partial charge in [-0.15, -0.1) is 0 Å². The summed E-state index contributed by atoms with van der Waals surface area (Å²) in [6, 6.07) is 7.53. The van der Waals surface area contributed by atoms with Crippen LogP contribution in [0.4, 0.5) is 5.69 Å². The van der Waals surface area contributed by atoms with E-state index in [-0.39, 0.29) is 5.91 Å². The zero-order valence-electron chi connectivity index (χ0n) is 12.1. The van der Waals surface area contributed by atoms with E-state index in [1.807, 2.05) is 0 Å². The number of hydrogen-bond acceptors (Lipinski definition) is 4. The molecule has 0 radical (unpaired) electrons. The van der Waals surface area contributed by atoms with Gasteiger partial charge in [-0.25, -0.2) is 0 Å². The molecule has 0 aliphatic carbocycles. The first-order valence-electron chi connectivity index (χ1n) is 7.29. The largest absolute Gasteiger partial charge is 0.350 e. The lowest BCUT2D eigenvalue weighted by atomic mass is 10.1. The average Bonchev–Trinajstić information content (AvgIpc) is 2.53. The van der Waals surface area contributed by atoms with E-state index in [4.69, 9.17) is 5.84 Å². The number of likely N-dealkylation sites (tertiary alicyclic amines) is 1. The third-order valence-electron chi connectivity index (χ3n) is 3.89. The first kappa shape index (κ1) is 14.8. The lowest BCUT2D eigenvalue weighted by Gasteiger charge is -2.32. The molecule has 1 atom stereocenters. The maximum atomic E-state index is 12.1. The highest BCUT2D eigenvalue weighted by molar-refractivity contribution is 5.94. The van der Waals surface area contributed by atoms with Crippen LogP contribution in [0.25, 0.3) is 0 Å². The molecule has 1 aliphatic heterocycles. The number of hydrogen-bond donors (Lipinski definition) is 3. The smallest absolute Gasteiger partial charge is 0.251 e. The van der Waals surface area contributed by atoms with Crippen LogP contribution in [0.2, 0.25) is 0 Å². The molecule has 5 nitrogen and oxygen atoms in total. The molecule has 110 valence electrons. The Hall–Kier alpha value is -1.59. The number of hydrazine groups is 1. The number of nitrogens with one attached hydrogen (secondary N) is 2. The molecule has 1 heterocycles. The minimum Gasteiger partial charge on any atom is -0.350 e. The summed E-state index contributed by atoms with van der Waals surface area (Å²) in [5.74, 6) is 5.27. The minimum absolute atomic E-state index is 0.0302. The Bertz CT molecular complexity index is 426. The third kappa shape index (κ3) is 3.95. The van der Waals surface area contributed by atoms with Crippen LogP contribution in [0, 0.1) is 0 Å². The van der Waals surface area contributed by atoms with Gasteiger partial charge in [0.15, 0.2) is 0 Å². The van der Waals surface area contributed by atoms with E-state index in [1.165, 1.54) is 19.3 Å². The summed E-state index contributed by atoms with van der Waals surface area (Å²) in [6.45, 7) is 5.16. The summed E-state index contributed by atoms with van der Waals surface area (Å²) in [5.41, 5.74) is 4.00. The lowest BCUT2D eigenvalue weighted by molar-refractivity contribution is 0.0930. The molecular weight excluding hydrogens is 252 g/mol. The van der Waals surface area contributed by atoms with Gasteiger partial charge in [-0.1, -0.05) is 6.42 Å². The fourth-order valence-corrected chi connectivity index (χ4v) is 2.55. The van der Waals surface area contributed by atoms with Crippen LogP contribution in [-0.2, 0) is 0 Å². The summed E-state index contributed by atoms with van der Waals surface area (Å²) >= 11 is 0. The second-order valence-electron chi connectivity index (χ2n) is 5.38. The standard InChI is InChI=1S/C15H24N4O/c1-12(19-9-3-2-4-10-19)11-17-15(20)13-5-7-14(18-16)8-6-13/h5-8,12,18H,2-4,9-11,16H2,1H3,(H,17,20). The SMILES string of the molecule is CC(CNC(=O)c1ccc(NN)cc1)N1CCCCC1. The highest BCUT2D eigenvalue weighted by Crippen LogP contribution is 2.12. The van der Waals surface area contributed by atoms with E-state index in [9.17, 15) is 4.79 Å². The lowest BCUT2D eigenvalue weighted by Crippen LogP contribution is -2.44. The Labute approximate surface area is 120 Å². The molecule has 1 unspecified atom stereocenters. The molecule has 1 aromatic rings. The van der Waals surface area contributed by atoms with Crippen molar-refractivity contribution in [3.63, 3.8) is 0 Å². The fraction of sp³-hybridized carbons (Fsp3) is 0.533. The summed E-state index contributed by atoms with van der Waals surface area (Å²) in [5, 5.41) is 3.00. The normalized spacial score (nSPS) is 17.5. The quantitative estimate of drug-likeness (QED) is 0.564. The van der Waals surface area contributed by atoms with Gasteiger partial charge in [0.25, 0.3) is 5.91 Å². The van der Waals surface area contributed by atoms with Gasteiger partial charge in [-0.05, 0) is 57.1 Å². The maximum Gasteiger partial charge on any atom is 0.251 e. The van der Waals surface area contributed by atoms with Gasteiger partial charge < -0.3 is 10.7 Å². The number of amides is 1. The molecule has 0 bridgehead atoms. The molecule has 0 spiro atoms. The van der Waals surface area contributed by atoms with Gasteiger partial charge in [0, 0.05) is 23.8 Å². The summed E-state index contributed by atoms with van der Waals surface area (Å²) in [4.78, 5) is 14.5. The molecule has 0 aromatic heterocycles. The Balaban J connectivity index is 1.81. The zero-order chi connectivity index (χ0) is 14.4. The minimum atomic E-state index is -0.0302. The summed E-state index contributed by atoms with van der Waals surface area (Å²) in [7, 11) is 0. The Morgan fingerprint density at radius 2 is 1.90 bits per heavy atom. The van der Waals surface area contributed by atoms with Crippen molar-refractivity contribution in [3.8, 4) is 0 Å². The number of nitrogens with two attached hydrogens (primary N) is 1. The van der Waals surface area contributed by atoms with Crippen molar-refractivity contribution >= 4 is 11.6 Å². The average molecular weight is 276 g/mol. The number of rotatable bonds is 5. The molecular formula is C15H24N4O. The van der Waals surface area contributed by atoms with E-state index in [2.05, 4.69) is 22.6 Å². The predicted molar refractivity (Wildman–Crippen MR) is 81.5 cm³/mol. The third-order valence-corrected chi connectivity index (χ3v) is 3.89. The van der Waals surface area contributed by atoms with Gasteiger partial charge >= 0.3 is 0 Å². The predicted octanol–water partition coefficient (Wildman–Crippen LogP) is 1.58. The van der Waals surface area contributed by atoms with E-state index < -0.39 is 0 Å². The molecule has 5 heteroatoms.